The minimum atomic E-state index is 0.0838. The van der Waals surface area contributed by atoms with Gasteiger partial charge in [0.2, 0.25) is 0 Å². The van der Waals surface area contributed by atoms with Gasteiger partial charge in [0.25, 0.3) is 0 Å². The summed E-state index contributed by atoms with van der Waals surface area (Å²) in [4.78, 5) is 8.96. The number of ether oxygens (including phenoxy) is 1. The fraction of sp³-hybridized carbons (Fsp3) is 0.333. The molecule has 2 aromatic rings. The number of anilines is 1. The number of phenols is 1. The average Bonchev–Trinajstić information content (AvgIpc) is 2.47. The second-order valence-electron chi connectivity index (χ2n) is 4.45. The van der Waals surface area contributed by atoms with E-state index in [1.807, 2.05) is 19.2 Å². The number of aryl methyl sites for hydroxylation is 1. The molecular weight excluding hydrogens is 254 g/mol. The summed E-state index contributed by atoms with van der Waals surface area (Å²) in [7, 11) is 3.35. The Morgan fingerprint density at radius 1 is 1.25 bits per heavy atom. The molecule has 1 aromatic carbocycles. The minimum Gasteiger partial charge on any atom is -0.504 e. The maximum Gasteiger partial charge on any atom is 0.161 e. The highest BCUT2D eigenvalue weighted by molar-refractivity contribution is 5.62. The summed E-state index contributed by atoms with van der Waals surface area (Å²) in [5, 5.41) is 12.9. The highest BCUT2D eigenvalue weighted by Gasteiger charge is 2.09. The van der Waals surface area contributed by atoms with Crippen molar-refractivity contribution in [3.8, 4) is 22.9 Å². The molecule has 0 aliphatic rings. The van der Waals surface area contributed by atoms with Crippen molar-refractivity contribution in [2.45, 2.75) is 19.8 Å². The number of methoxy groups -OCH3 is 1. The van der Waals surface area contributed by atoms with Crippen LogP contribution in [0, 0.1) is 0 Å². The van der Waals surface area contributed by atoms with Gasteiger partial charge in [0, 0.05) is 24.4 Å². The first-order chi connectivity index (χ1) is 9.67. The maximum absolute atomic E-state index is 9.86. The summed E-state index contributed by atoms with van der Waals surface area (Å²) < 4.78 is 5.04. The summed E-state index contributed by atoms with van der Waals surface area (Å²) in [6, 6.07) is 7.10. The number of hydrogen-bond donors (Lipinski definition) is 2. The van der Waals surface area contributed by atoms with Crippen LogP contribution in [0.2, 0.25) is 0 Å². The smallest absolute Gasteiger partial charge is 0.161 e. The quantitative estimate of drug-likeness (QED) is 0.876. The van der Waals surface area contributed by atoms with Crippen LogP contribution in [0.1, 0.15) is 19.0 Å². The molecule has 0 saturated heterocycles. The number of aromatic hydroxyl groups is 1. The fourth-order valence-corrected chi connectivity index (χ4v) is 1.97. The summed E-state index contributed by atoms with van der Waals surface area (Å²) in [5.74, 6) is 1.89. The molecule has 0 atom stereocenters. The first-order valence-electron chi connectivity index (χ1n) is 6.61. The standard InChI is InChI=1S/C15H19N3O2/c1-4-5-11-9-14(16-2)18-15(17-11)10-6-7-13(20-3)12(19)8-10/h6-9,19H,4-5H2,1-3H3,(H,16,17,18). The molecule has 2 N–H and O–H groups in total. The van der Waals surface area contributed by atoms with Gasteiger partial charge in [-0.05, 0) is 24.6 Å². The second kappa shape index (κ2) is 6.23. The van der Waals surface area contributed by atoms with Crippen molar-refractivity contribution in [2.24, 2.45) is 0 Å². The van der Waals surface area contributed by atoms with Crippen LogP contribution in [0.25, 0.3) is 11.4 Å². The molecule has 0 unspecified atom stereocenters. The molecule has 0 amide bonds. The predicted molar refractivity (Wildman–Crippen MR) is 79.2 cm³/mol. The average molecular weight is 273 g/mol. The van der Waals surface area contributed by atoms with Crippen LogP contribution < -0.4 is 10.1 Å². The molecular formula is C15H19N3O2. The monoisotopic (exact) mass is 273 g/mol. The van der Waals surface area contributed by atoms with E-state index in [9.17, 15) is 5.11 Å². The number of rotatable bonds is 5. The normalized spacial score (nSPS) is 10.3. The van der Waals surface area contributed by atoms with Crippen molar-refractivity contribution in [1.82, 2.24) is 9.97 Å². The lowest BCUT2D eigenvalue weighted by molar-refractivity contribution is 0.373. The first-order valence-corrected chi connectivity index (χ1v) is 6.61. The summed E-state index contributed by atoms with van der Waals surface area (Å²) in [5.41, 5.74) is 1.75. The van der Waals surface area contributed by atoms with E-state index in [1.54, 1.807) is 12.1 Å². The van der Waals surface area contributed by atoms with Crippen LogP contribution in [-0.2, 0) is 6.42 Å². The van der Waals surface area contributed by atoms with Gasteiger partial charge in [0.05, 0.1) is 7.11 Å². The van der Waals surface area contributed by atoms with Gasteiger partial charge in [-0.15, -0.1) is 0 Å². The zero-order valence-corrected chi connectivity index (χ0v) is 12.0. The molecule has 0 fully saturated rings. The highest BCUT2D eigenvalue weighted by Crippen LogP contribution is 2.30. The van der Waals surface area contributed by atoms with Crippen molar-refractivity contribution in [3.63, 3.8) is 0 Å². The lowest BCUT2D eigenvalue weighted by Gasteiger charge is -2.09. The predicted octanol–water partition coefficient (Wildman–Crippen LogP) is 2.85. The Balaban J connectivity index is 2.45. The number of benzene rings is 1. The molecule has 0 bridgehead atoms. The zero-order valence-electron chi connectivity index (χ0n) is 12.0. The Morgan fingerprint density at radius 2 is 2.05 bits per heavy atom. The molecule has 106 valence electrons. The molecule has 20 heavy (non-hydrogen) atoms. The van der Waals surface area contributed by atoms with Crippen LogP contribution in [-0.4, -0.2) is 29.2 Å². The summed E-state index contributed by atoms with van der Waals surface area (Å²) in [6.07, 6.45) is 1.92. The van der Waals surface area contributed by atoms with Crippen molar-refractivity contribution in [2.75, 3.05) is 19.5 Å². The fourth-order valence-electron chi connectivity index (χ4n) is 1.97. The summed E-state index contributed by atoms with van der Waals surface area (Å²) in [6.45, 7) is 2.11. The number of phenolic OH excluding ortho intramolecular Hbond substituents is 1. The third-order valence-electron chi connectivity index (χ3n) is 2.98. The van der Waals surface area contributed by atoms with Crippen LogP contribution in [0.15, 0.2) is 24.3 Å². The molecule has 0 aliphatic carbocycles. The minimum absolute atomic E-state index is 0.0838. The molecule has 5 nitrogen and oxygen atoms in total. The number of nitrogens with one attached hydrogen (secondary N) is 1. The third-order valence-corrected chi connectivity index (χ3v) is 2.98. The number of aromatic nitrogens is 2. The van der Waals surface area contributed by atoms with E-state index >= 15 is 0 Å². The Kier molecular flexibility index (Phi) is 4.40. The Hall–Kier alpha value is -2.30. The van der Waals surface area contributed by atoms with Crippen LogP contribution in [0.4, 0.5) is 5.82 Å². The van der Waals surface area contributed by atoms with E-state index < -0.39 is 0 Å². The van der Waals surface area contributed by atoms with Gasteiger partial charge in [0.15, 0.2) is 17.3 Å². The molecule has 1 aromatic heterocycles. The highest BCUT2D eigenvalue weighted by atomic mass is 16.5. The van der Waals surface area contributed by atoms with Crippen LogP contribution in [0.3, 0.4) is 0 Å². The lowest BCUT2D eigenvalue weighted by atomic mass is 10.1. The molecule has 0 spiro atoms. The van der Waals surface area contributed by atoms with E-state index in [-0.39, 0.29) is 5.75 Å². The SMILES string of the molecule is CCCc1cc(NC)nc(-c2ccc(OC)c(O)c2)n1. The topological polar surface area (TPSA) is 67.3 Å². The van der Waals surface area contributed by atoms with Gasteiger partial charge in [-0.2, -0.15) is 0 Å². The molecule has 0 radical (unpaired) electrons. The number of hydrogen-bond acceptors (Lipinski definition) is 5. The Bertz CT molecular complexity index is 600. The molecule has 0 aliphatic heterocycles. The van der Waals surface area contributed by atoms with Crippen LogP contribution in [0.5, 0.6) is 11.5 Å². The third kappa shape index (κ3) is 2.99. The largest absolute Gasteiger partial charge is 0.504 e. The molecule has 1 heterocycles. The number of nitrogens with zero attached hydrogens (tertiary/aromatic N) is 2. The van der Waals surface area contributed by atoms with Gasteiger partial charge in [-0.25, -0.2) is 9.97 Å². The maximum atomic E-state index is 9.86. The lowest BCUT2D eigenvalue weighted by Crippen LogP contribution is -2.01. The van der Waals surface area contributed by atoms with Gasteiger partial charge in [-0.1, -0.05) is 13.3 Å². The second-order valence-corrected chi connectivity index (χ2v) is 4.45. The van der Waals surface area contributed by atoms with E-state index in [0.717, 1.165) is 29.9 Å². The van der Waals surface area contributed by atoms with Crippen molar-refractivity contribution in [3.05, 3.63) is 30.0 Å². The Morgan fingerprint density at radius 3 is 2.65 bits per heavy atom. The molecule has 0 saturated carbocycles. The van der Waals surface area contributed by atoms with Gasteiger partial charge < -0.3 is 15.2 Å². The van der Waals surface area contributed by atoms with E-state index in [1.165, 1.54) is 7.11 Å². The van der Waals surface area contributed by atoms with Crippen molar-refractivity contribution >= 4 is 5.82 Å². The van der Waals surface area contributed by atoms with Gasteiger partial charge >= 0.3 is 0 Å². The van der Waals surface area contributed by atoms with E-state index in [4.69, 9.17) is 4.74 Å². The van der Waals surface area contributed by atoms with E-state index in [2.05, 4.69) is 22.2 Å². The molecule has 5 heteroatoms. The zero-order chi connectivity index (χ0) is 14.5. The van der Waals surface area contributed by atoms with E-state index in [0.29, 0.717) is 11.6 Å². The first kappa shape index (κ1) is 14.1. The Labute approximate surface area is 118 Å². The summed E-state index contributed by atoms with van der Waals surface area (Å²) >= 11 is 0. The van der Waals surface area contributed by atoms with Crippen LogP contribution >= 0.6 is 0 Å². The molecule has 2 rings (SSSR count). The van der Waals surface area contributed by atoms with Crippen molar-refractivity contribution in [1.29, 1.82) is 0 Å². The van der Waals surface area contributed by atoms with Gasteiger partial charge in [0.1, 0.15) is 5.82 Å². The van der Waals surface area contributed by atoms with Crippen molar-refractivity contribution < 1.29 is 9.84 Å². The van der Waals surface area contributed by atoms with Gasteiger partial charge in [-0.3, -0.25) is 0 Å².